The minimum atomic E-state index is -2.19. The normalized spacial score (nSPS) is 49.1. The SMILES string of the molecule is CCC[C@@H]1O[C@@H]2C[C@H]3[C@@H]4C[C@H](F)C5=CC(=O)C=C[C@]5(C)[C@@]4(F)[C@@H](O)C[C@]3(C)[C@]2(C(=O)CNC(C)CC)O1. The second-order valence-electron chi connectivity index (χ2n) is 12.4. The van der Waals surface area contributed by atoms with E-state index in [2.05, 4.69) is 5.32 Å². The summed E-state index contributed by atoms with van der Waals surface area (Å²) < 4.78 is 46.0. The van der Waals surface area contributed by atoms with E-state index in [0.717, 1.165) is 12.8 Å². The summed E-state index contributed by atoms with van der Waals surface area (Å²) in [5.41, 5.74) is -5.84. The third kappa shape index (κ3) is 3.47. The molecule has 0 bridgehead atoms. The number of carbonyl (C=O) groups is 2. The molecule has 1 heterocycles. The summed E-state index contributed by atoms with van der Waals surface area (Å²) in [6.45, 7) is 9.63. The van der Waals surface area contributed by atoms with Crippen molar-refractivity contribution in [1.82, 2.24) is 5.32 Å². The van der Waals surface area contributed by atoms with Gasteiger partial charge >= 0.3 is 0 Å². The molecule has 0 amide bonds. The highest BCUT2D eigenvalue weighted by Gasteiger charge is 2.79. The minimum Gasteiger partial charge on any atom is -0.390 e. The molecule has 0 radical (unpaired) electrons. The second-order valence-corrected chi connectivity index (χ2v) is 12.4. The van der Waals surface area contributed by atoms with E-state index in [1.54, 1.807) is 6.92 Å². The van der Waals surface area contributed by atoms with E-state index in [1.807, 2.05) is 27.7 Å². The molecule has 0 aromatic rings. The molecule has 4 aliphatic carbocycles. The zero-order valence-electron chi connectivity index (χ0n) is 22.6. The molecular formula is C29H41F2NO5. The number of allylic oxidation sites excluding steroid dienone is 4. The first-order valence-corrected chi connectivity index (χ1v) is 13.9. The average Bonchev–Trinajstić information content (AvgIpc) is 3.33. The molecule has 8 heteroatoms. The summed E-state index contributed by atoms with van der Waals surface area (Å²) in [6, 6.07) is 0.129. The van der Waals surface area contributed by atoms with Crippen LogP contribution in [0.3, 0.4) is 0 Å². The van der Waals surface area contributed by atoms with E-state index < -0.39 is 58.6 Å². The molecule has 0 spiro atoms. The molecule has 5 aliphatic rings. The van der Waals surface area contributed by atoms with Crippen molar-refractivity contribution in [3.05, 3.63) is 23.8 Å². The van der Waals surface area contributed by atoms with Crippen molar-refractivity contribution in [2.75, 3.05) is 6.54 Å². The van der Waals surface area contributed by atoms with Gasteiger partial charge in [0.1, 0.15) is 6.17 Å². The number of rotatable bonds is 7. The van der Waals surface area contributed by atoms with E-state index in [9.17, 15) is 14.7 Å². The molecule has 0 aromatic carbocycles. The Kier molecular flexibility index (Phi) is 6.62. The maximum Gasteiger partial charge on any atom is 0.181 e. The molecule has 6 nitrogen and oxygen atoms in total. The number of hydrogen-bond donors (Lipinski definition) is 2. The standard InChI is InChI=1S/C29H41F2NO5/c1-6-8-25-36-24-13-18-19-12-21(30)20-11-17(33)9-10-26(20,4)28(19,31)22(34)14-27(18,5)29(24,37-25)23(35)15-32-16(3)7-2/h9-11,16,18-19,21-22,24-25,32,34H,6-8,12-15H2,1-5H3/t16?,18-,19-,21-,22-,24+,25+,26-,27-,28-,29+/m0/s1. The number of fused-ring (bicyclic) bond motifs is 7. The number of nitrogens with one attached hydrogen (secondary N) is 1. The molecule has 11 atom stereocenters. The molecule has 2 N–H and O–H groups in total. The zero-order chi connectivity index (χ0) is 27.0. The largest absolute Gasteiger partial charge is 0.390 e. The summed E-state index contributed by atoms with van der Waals surface area (Å²) in [5, 5.41) is 14.9. The highest BCUT2D eigenvalue weighted by molar-refractivity contribution is 6.01. The van der Waals surface area contributed by atoms with Crippen LogP contribution < -0.4 is 5.32 Å². The van der Waals surface area contributed by atoms with Crippen molar-refractivity contribution in [3.63, 3.8) is 0 Å². The number of carbonyl (C=O) groups excluding carboxylic acids is 2. The number of ketones is 2. The Bertz CT molecular complexity index is 1030. The summed E-state index contributed by atoms with van der Waals surface area (Å²) in [5.74, 6) is -1.83. The Hall–Kier alpha value is -1.48. The van der Waals surface area contributed by atoms with E-state index in [0.29, 0.717) is 12.8 Å². The van der Waals surface area contributed by atoms with Crippen LogP contribution in [0.5, 0.6) is 0 Å². The topological polar surface area (TPSA) is 84.9 Å². The average molecular weight is 522 g/mol. The number of Topliss-reactive ketones (excluding diaryl/α,β-unsaturated/α-hetero) is 1. The first-order chi connectivity index (χ1) is 17.4. The number of hydrogen-bond acceptors (Lipinski definition) is 6. The van der Waals surface area contributed by atoms with Gasteiger partial charge in [0.15, 0.2) is 29.1 Å². The quantitative estimate of drug-likeness (QED) is 0.524. The predicted octanol–water partition coefficient (Wildman–Crippen LogP) is 4.15. The van der Waals surface area contributed by atoms with Crippen LogP contribution in [0.15, 0.2) is 23.8 Å². The van der Waals surface area contributed by atoms with E-state index in [4.69, 9.17) is 9.47 Å². The second kappa shape index (κ2) is 9.04. The van der Waals surface area contributed by atoms with Gasteiger partial charge in [-0.2, -0.15) is 0 Å². The lowest BCUT2D eigenvalue weighted by molar-refractivity contribution is -0.234. The predicted molar refractivity (Wildman–Crippen MR) is 134 cm³/mol. The Morgan fingerprint density at radius 3 is 2.68 bits per heavy atom. The maximum atomic E-state index is 17.4. The fourth-order valence-corrected chi connectivity index (χ4v) is 8.43. The number of alkyl halides is 2. The molecular weight excluding hydrogens is 480 g/mol. The first-order valence-electron chi connectivity index (χ1n) is 13.9. The maximum absolute atomic E-state index is 17.4. The molecule has 5 rings (SSSR count). The molecule has 1 saturated heterocycles. The van der Waals surface area contributed by atoms with Crippen LogP contribution in [0, 0.1) is 22.7 Å². The minimum absolute atomic E-state index is 0.0138. The number of aliphatic hydroxyl groups is 1. The van der Waals surface area contributed by atoms with Gasteiger partial charge in [0, 0.05) is 22.8 Å². The smallest absolute Gasteiger partial charge is 0.181 e. The van der Waals surface area contributed by atoms with E-state index in [-0.39, 0.29) is 42.6 Å². The molecule has 0 aromatic heterocycles. The zero-order valence-corrected chi connectivity index (χ0v) is 22.6. The van der Waals surface area contributed by atoms with Crippen molar-refractivity contribution < 1.29 is 33.0 Å². The Morgan fingerprint density at radius 2 is 2.00 bits per heavy atom. The van der Waals surface area contributed by atoms with Crippen LogP contribution in [0.25, 0.3) is 0 Å². The van der Waals surface area contributed by atoms with Crippen molar-refractivity contribution >= 4 is 11.6 Å². The van der Waals surface area contributed by atoms with Crippen LogP contribution in [-0.2, 0) is 19.1 Å². The lowest BCUT2D eigenvalue weighted by Crippen LogP contribution is -2.71. The van der Waals surface area contributed by atoms with E-state index in [1.165, 1.54) is 18.2 Å². The van der Waals surface area contributed by atoms with Gasteiger partial charge in [0.25, 0.3) is 0 Å². The summed E-state index contributed by atoms with van der Waals surface area (Å²) in [7, 11) is 0. The molecule has 206 valence electrons. The Morgan fingerprint density at radius 1 is 1.27 bits per heavy atom. The fraction of sp³-hybridized carbons (Fsp3) is 0.793. The highest BCUT2D eigenvalue weighted by atomic mass is 19.1. The van der Waals surface area contributed by atoms with Gasteiger partial charge in [-0.1, -0.05) is 33.3 Å². The van der Waals surface area contributed by atoms with Gasteiger partial charge in [-0.25, -0.2) is 8.78 Å². The van der Waals surface area contributed by atoms with Crippen molar-refractivity contribution in [2.24, 2.45) is 22.7 Å². The van der Waals surface area contributed by atoms with Gasteiger partial charge in [-0.3, -0.25) is 9.59 Å². The van der Waals surface area contributed by atoms with Gasteiger partial charge in [0.05, 0.1) is 18.8 Å². The number of ether oxygens (including phenoxy) is 2. The van der Waals surface area contributed by atoms with Gasteiger partial charge in [-0.15, -0.1) is 0 Å². The third-order valence-electron chi connectivity index (χ3n) is 10.6. The Labute approximate surface area is 218 Å². The summed E-state index contributed by atoms with van der Waals surface area (Å²) in [6.07, 6.45) is 2.26. The fourth-order valence-electron chi connectivity index (χ4n) is 8.43. The molecule has 4 fully saturated rings. The monoisotopic (exact) mass is 521 g/mol. The molecule has 1 aliphatic heterocycles. The number of aliphatic hydroxyl groups excluding tert-OH is 1. The molecule has 3 saturated carbocycles. The molecule has 37 heavy (non-hydrogen) atoms. The third-order valence-corrected chi connectivity index (χ3v) is 10.6. The van der Waals surface area contributed by atoms with Crippen LogP contribution in [-0.4, -0.2) is 65.2 Å². The lowest BCUT2D eigenvalue weighted by Gasteiger charge is -2.63. The van der Waals surface area contributed by atoms with Crippen LogP contribution >= 0.6 is 0 Å². The van der Waals surface area contributed by atoms with Crippen molar-refractivity contribution in [3.8, 4) is 0 Å². The van der Waals surface area contributed by atoms with Crippen molar-refractivity contribution in [2.45, 2.75) is 115 Å². The lowest BCUT2D eigenvalue weighted by atomic mass is 9.44. The summed E-state index contributed by atoms with van der Waals surface area (Å²) in [4.78, 5) is 26.1. The van der Waals surface area contributed by atoms with Crippen LogP contribution in [0.2, 0.25) is 0 Å². The van der Waals surface area contributed by atoms with Gasteiger partial charge in [0.2, 0.25) is 0 Å². The number of halogens is 2. The van der Waals surface area contributed by atoms with E-state index >= 15 is 8.78 Å². The Balaban J connectivity index is 1.57. The van der Waals surface area contributed by atoms with Gasteiger partial charge in [-0.05, 0) is 69.6 Å². The highest BCUT2D eigenvalue weighted by Crippen LogP contribution is 2.72. The molecule has 1 unspecified atom stereocenters. The van der Waals surface area contributed by atoms with Crippen molar-refractivity contribution in [1.29, 1.82) is 0 Å². The van der Waals surface area contributed by atoms with Gasteiger partial charge < -0.3 is 19.9 Å². The first kappa shape index (κ1) is 27.1. The van der Waals surface area contributed by atoms with Crippen LogP contribution in [0.4, 0.5) is 8.78 Å². The summed E-state index contributed by atoms with van der Waals surface area (Å²) >= 11 is 0. The van der Waals surface area contributed by atoms with Crippen LogP contribution in [0.1, 0.15) is 73.1 Å².